The van der Waals surface area contributed by atoms with Crippen molar-refractivity contribution in [2.45, 2.75) is 39.2 Å². The molecule has 2 aromatic rings. The zero-order valence-electron chi connectivity index (χ0n) is 15.8. The van der Waals surface area contributed by atoms with Crippen molar-refractivity contribution in [3.05, 3.63) is 78.9 Å². The number of allylic oxidation sites excluding steroid dienone is 1. The summed E-state index contributed by atoms with van der Waals surface area (Å²) in [5.74, 6) is 0.404. The summed E-state index contributed by atoms with van der Waals surface area (Å²) in [5, 5.41) is 7.00. The van der Waals surface area contributed by atoms with Crippen LogP contribution in [0.2, 0.25) is 0 Å². The molecule has 1 heterocycles. The number of anilines is 1. The van der Waals surface area contributed by atoms with Crippen molar-refractivity contribution >= 4 is 5.69 Å². The van der Waals surface area contributed by atoms with Gasteiger partial charge in [-0.25, -0.2) is 0 Å². The first-order chi connectivity index (χ1) is 12.0. The molecular weight excluding hydrogens is 306 g/mol. The minimum atomic E-state index is 0.166. The minimum Gasteiger partial charge on any atom is -0.380 e. The van der Waals surface area contributed by atoms with E-state index in [-0.39, 0.29) is 6.04 Å². The maximum Gasteiger partial charge on any atom is 0.0654 e. The van der Waals surface area contributed by atoms with Gasteiger partial charge in [-0.05, 0) is 36.8 Å². The summed E-state index contributed by atoms with van der Waals surface area (Å²) in [5.41, 5.74) is 4.49. The average Bonchev–Trinajstić information content (AvgIpc) is 2.99. The molecule has 1 atom stereocenters. The molecule has 3 heteroatoms. The van der Waals surface area contributed by atoms with Crippen LogP contribution in [0.5, 0.6) is 0 Å². The van der Waals surface area contributed by atoms with Gasteiger partial charge < -0.3 is 15.2 Å². The summed E-state index contributed by atoms with van der Waals surface area (Å²) in [6.45, 7) is 12.8. The Morgan fingerprint density at radius 3 is 2.40 bits per heavy atom. The van der Waals surface area contributed by atoms with Crippen molar-refractivity contribution < 1.29 is 0 Å². The van der Waals surface area contributed by atoms with E-state index in [0.29, 0.717) is 5.92 Å². The van der Waals surface area contributed by atoms with E-state index in [1.54, 1.807) is 0 Å². The molecule has 2 rings (SSSR count). The molecule has 0 saturated heterocycles. The van der Waals surface area contributed by atoms with Crippen LogP contribution >= 0.6 is 0 Å². The van der Waals surface area contributed by atoms with E-state index in [0.717, 1.165) is 36.3 Å². The number of aryl methyl sites for hydroxylation is 2. The second kappa shape index (κ2) is 9.16. The predicted octanol–water partition coefficient (Wildman–Crippen LogP) is 5.10. The first-order valence-corrected chi connectivity index (χ1v) is 9.02. The van der Waals surface area contributed by atoms with Gasteiger partial charge in [0.15, 0.2) is 0 Å². The van der Waals surface area contributed by atoms with E-state index in [1.165, 1.54) is 5.56 Å². The Bertz CT molecular complexity index is 682. The van der Waals surface area contributed by atoms with Gasteiger partial charge in [0.2, 0.25) is 0 Å². The standard InChI is InChI=1S/C22H31N3/c1-17(2)18(3)24-22(13-9-12-20-10-7-6-8-11-20)19(4)23-21-14-15-25(5)16-21/h6-8,10-11,14-17,22-24H,3-4,9,12-13H2,1-2,5H3. The van der Waals surface area contributed by atoms with Crippen molar-refractivity contribution in [3.63, 3.8) is 0 Å². The van der Waals surface area contributed by atoms with Crippen LogP contribution < -0.4 is 10.6 Å². The lowest BCUT2D eigenvalue weighted by Gasteiger charge is -2.25. The van der Waals surface area contributed by atoms with Crippen LogP contribution in [0.1, 0.15) is 32.3 Å². The SMILES string of the molecule is C=C(NC(CCCc1ccccc1)C(=C)Nc1ccn(C)c1)C(C)C. The third kappa shape index (κ3) is 6.18. The van der Waals surface area contributed by atoms with Crippen LogP contribution in [0.15, 0.2) is 73.3 Å². The van der Waals surface area contributed by atoms with Crippen LogP contribution in [0.25, 0.3) is 0 Å². The summed E-state index contributed by atoms with van der Waals surface area (Å²) >= 11 is 0. The van der Waals surface area contributed by atoms with Gasteiger partial charge in [-0.3, -0.25) is 0 Å². The topological polar surface area (TPSA) is 29.0 Å². The normalized spacial score (nSPS) is 12.0. The van der Waals surface area contributed by atoms with Gasteiger partial charge >= 0.3 is 0 Å². The molecule has 0 amide bonds. The zero-order chi connectivity index (χ0) is 18.2. The molecule has 1 aromatic heterocycles. The number of hydrogen-bond acceptors (Lipinski definition) is 2. The molecule has 25 heavy (non-hydrogen) atoms. The van der Waals surface area contributed by atoms with Gasteiger partial charge in [0.25, 0.3) is 0 Å². The highest BCUT2D eigenvalue weighted by molar-refractivity contribution is 5.47. The monoisotopic (exact) mass is 337 g/mol. The van der Waals surface area contributed by atoms with Gasteiger partial charge in [0, 0.05) is 30.8 Å². The second-order valence-electron chi connectivity index (χ2n) is 6.97. The van der Waals surface area contributed by atoms with Crippen LogP contribution in [-0.4, -0.2) is 10.6 Å². The van der Waals surface area contributed by atoms with Crippen molar-refractivity contribution in [3.8, 4) is 0 Å². The molecule has 1 aromatic carbocycles. The lowest BCUT2D eigenvalue weighted by Crippen LogP contribution is -2.34. The summed E-state index contributed by atoms with van der Waals surface area (Å²) < 4.78 is 2.03. The Kier molecular flexibility index (Phi) is 6.93. The average molecular weight is 338 g/mol. The molecule has 0 radical (unpaired) electrons. The highest BCUT2D eigenvalue weighted by Gasteiger charge is 2.15. The maximum absolute atomic E-state index is 4.27. The van der Waals surface area contributed by atoms with Crippen LogP contribution in [0.3, 0.4) is 0 Å². The molecular formula is C22H31N3. The Hall–Kier alpha value is -2.42. The Balaban J connectivity index is 1.96. The van der Waals surface area contributed by atoms with E-state index >= 15 is 0 Å². The van der Waals surface area contributed by atoms with E-state index in [4.69, 9.17) is 0 Å². The van der Waals surface area contributed by atoms with E-state index in [1.807, 2.05) is 17.8 Å². The van der Waals surface area contributed by atoms with E-state index in [9.17, 15) is 0 Å². The second-order valence-corrected chi connectivity index (χ2v) is 6.97. The number of benzene rings is 1. The number of nitrogens with zero attached hydrogens (tertiary/aromatic N) is 1. The number of rotatable bonds is 10. The largest absolute Gasteiger partial charge is 0.380 e. The van der Waals surface area contributed by atoms with Gasteiger partial charge in [0.05, 0.1) is 11.7 Å². The van der Waals surface area contributed by atoms with Crippen molar-refractivity contribution in [2.24, 2.45) is 13.0 Å². The molecule has 134 valence electrons. The smallest absolute Gasteiger partial charge is 0.0654 e. The minimum absolute atomic E-state index is 0.166. The Morgan fingerprint density at radius 1 is 1.08 bits per heavy atom. The van der Waals surface area contributed by atoms with Crippen LogP contribution in [0, 0.1) is 5.92 Å². The first-order valence-electron chi connectivity index (χ1n) is 9.02. The number of aromatic nitrogens is 1. The lowest BCUT2D eigenvalue weighted by molar-refractivity contribution is 0.532. The van der Waals surface area contributed by atoms with Crippen molar-refractivity contribution in [1.29, 1.82) is 0 Å². The molecule has 0 fully saturated rings. The zero-order valence-corrected chi connectivity index (χ0v) is 15.8. The van der Waals surface area contributed by atoms with Crippen LogP contribution in [0.4, 0.5) is 5.69 Å². The summed E-state index contributed by atoms with van der Waals surface area (Å²) in [6, 6.07) is 12.9. The molecule has 0 aliphatic rings. The van der Waals surface area contributed by atoms with E-state index < -0.39 is 0 Å². The van der Waals surface area contributed by atoms with Crippen molar-refractivity contribution in [2.75, 3.05) is 5.32 Å². The summed E-state index contributed by atoms with van der Waals surface area (Å²) in [4.78, 5) is 0. The number of nitrogens with one attached hydrogen (secondary N) is 2. The van der Waals surface area contributed by atoms with Gasteiger partial charge in [0.1, 0.15) is 0 Å². The highest BCUT2D eigenvalue weighted by atomic mass is 15.0. The van der Waals surface area contributed by atoms with Gasteiger partial charge in [-0.2, -0.15) is 0 Å². The number of hydrogen-bond donors (Lipinski definition) is 2. The lowest BCUT2D eigenvalue weighted by atomic mass is 10.0. The third-order valence-electron chi connectivity index (χ3n) is 4.42. The molecule has 2 N–H and O–H groups in total. The molecule has 0 aliphatic heterocycles. The molecule has 0 bridgehead atoms. The fourth-order valence-electron chi connectivity index (χ4n) is 2.73. The fraction of sp³-hybridized carbons (Fsp3) is 0.364. The van der Waals surface area contributed by atoms with Crippen molar-refractivity contribution in [1.82, 2.24) is 9.88 Å². The summed E-state index contributed by atoms with van der Waals surface area (Å²) in [7, 11) is 2.02. The van der Waals surface area contributed by atoms with Gasteiger partial charge in [-0.15, -0.1) is 0 Å². The Labute approximate surface area is 152 Å². The van der Waals surface area contributed by atoms with Crippen LogP contribution in [-0.2, 0) is 13.5 Å². The fourth-order valence-corrected chi connectivity index (χ4v) is 2.73. The third-order valence-corrected chi connectivity index (χ3v) is 4.42. The molecule has 3 nitrogen and oxygen atoms in total. The molecule has 0 aliphatic carbocycles. The van der Waals surface area contributed by atoms with Gasteiger partial charge in [-0.1, -0.05) is 57.3 Å². The Morgan fingerprint density at radius 2 is 1.80 bits per heavy atom. The molecule has 0 spiro atoms. The molecule has 0 saturated carbocycles. The summed E-state index contributed by atoms with van der Waals surface area (Å²) in [6.07, 6.45) is 7.28. The van der Waals surface area contributed by atoms with E-state index in [2.05, 4.69) is 80.2 Å². The quantitative estimate of drug-likeness (QED) is 0.631. The predicted molar refractivity (Wildman–Crippen MR) is 108 cm³/mol. The molecule has 1 unspecified atom stereocenters. The maximum atomic E-state index is 4.27. The highest BCUT2D eigenvalue weighted by Crippen LogP contribution is 2.17. The first kappa shape index (κ1) is 18.9.